The zero-order valence-electron chi connectivity index (χ0n) is 20.3. The van der Waals surface area contributed by atoms with Gasteiger partial charge in [0.15, 0.2) is 6.17 Å². The predicted octanol–water partition coefficient (Wildman–Crippen LogP) is 3.44. The number of anilines is 1. The second-order valence-corrected chi connectivity index (χ2v) is 9.65. The number of ether oxygens (including phenoxy) is 1. The lowest BCUT2D eigenvalue weighted by Crippen LogP contribution is -2.65. The van der Waals surface area contributed by atoms with Crippen molar-refractivity contribution in [1.29, 1.82) is 0 Å². The van der Waals surface area contributed by atoms with E-state index in [1.165, 1.54) is 16.9 Å². The molecule has 0 spiro atoms. The van der Waals surface area contributed by atoms with Gasteiger partial charge in [0, 0.05) is 41.4 Å². The Labute approximate surface area is 215 Å². The minimum absolute atomic E-state index is 0.0501. The zero-order valence-corrected chi connectivity index (χ0v) is 21.0. The molecule has 1 saturated carbocycles. The standard InChI is InChI=1S/C26H32ClN5O4/c1-36-22-8-2-5-17(15-22)25(34)31-13-4-14-32(26(35)30-21-7-3-6-18(27)16-21)24(31)23(33)29-20-11-9-19(28)10-12-20/h2-3,5-8,15-16,19-20,24H,4,9-14,28H2,1H3,(H,29,33)(H,30,35). The van der Waals surface area contributed by atoms with E-state index in [1.807, 2.05) is 0 Å². The van der Waals surface area contributed by atoms with Gasteiger partial charge in [0.2, 0.25) is 0 Å². The summed E-state index contributed by atoms with van der Waals surface area (Å²) in [6, 6.07) is 13.2. The minimum atomic E-state index is -1.10. The highest BCUT2D eigenvalue weighted by Gasteiger charge is 2.41. The summed E-state index contributed by atoms with van der Waals surface area (Å²) in [5.74, 6) is -0.194. The minimum Gasteiger partial charge on any atom is -0.497 e. The van der Waals surface area contributed by atoms with Gasteiger partial charge in [-0.1, -0.05) is 23.7 Å². The van der Waals surface area contributed by atoms with Crippen LogP contribution >= 0.6 is 11.6 Å². The van der Waals surface area contributed by atoms with Crippen molar-refractivity contribution in [2.75, 3.05) is 25.5 Å². The molecule has 2 fully saturated rings. The second-order valence-electron chi connectivity index (χ2n) is 9.21. The summed E-state index contributed by atoms with van der Waals surface area (Å²) in [4.78, 5) is 43.4. The van der Waals surface area contributed by atoms with Crippen molar-refractivity contribution in [3.8, 4) is 5.75 Å². The highest BCUT2D eigenvalue weighted by molar-refractivity contribution is 6.30. The third-order valence-electron chi connectivity index (χ3n) is 6.66. The molecule has 4 rings (SSSR count). The molecule has 1 aliphatic heterocycles. The van der Waals surface area contributed by atoms with Gasteiger partial charge in [-0.3, -0.25) is 14.5 Å². The van der Waals surface area contributed by atoms with E-state index in [9.17, 15) is 14.4 Å². The molecular formula is C26H32ClN5O4. The van der Waals surface area contributed by atoms with Crippen molar-refractivity contribution in [3.63, 3.8) is 0 Å². The molecule has 4 N–H and O–H groups in total. The summed E-state index contributed by atoms with van der Waals surface area (Å²) in [5, 5.41) is 6.36. The van der Waals surface area contributed by atoms with Crippen LogP contribution in [0.4, 0.5) is 10.5 Å². The smallest absolute Gasteiger partial charge is 0.323 e. The maximum absolute atomic E-state index is 13.6. The molecule has 0 bridgehead atoms. The lowest BCUT2D eigenvalue weighted by molar-refractivity contribution is -0.133. The molecule has 1 heterocycles. The Hall–Kier alpha value is -3.30. The van der Waals surface area contributed by atoms with Gasteiger partial charge in [-0.15, -0.1) is 0 Å². The number of halogens is 1. The van der Waals surface area contributed by atoms with Crippen LogP contribution in [0.15, 0.2) is 48.5 Å². The molecule has 0 aromatic heterocycles. The number of carbonyl (C=O) groups excluding carboxylic acids is 3. The molecule has 1 saturated heterocycles. The van der Waals surface area contributed by atoms with Gasteiger partial charge in [-0.25, -0.2) is 4.79 Å². The van der Waals surface area contributed by atoms with Gasteiger partial charge in [0.1, 0.15) is 5.75 Å². The van der Waals surface area contributed by atoms with Crippen LogP contribution in [0.25, 0.3) is 0 Å². The van der Waals surface area contributed by atoms with Crippen molar-refractivity contribution < 1.29 is 19.1 Å². The fourth-order valence-corrected chi connectivity index (χ4v) is 4.95. The molecule has 2 aliphatic rings. The molecule has 2 aromatic rings. The van der Waals surface area contributed by atoms with Gasteiger partial charge in [-0.05, 0) is 68.5 Å². The van der Waals surface area contributed by atoms with Gasteiger partial charge >= 0.3 is 6.03 Å². The maximum atomic E-state index is 13.6. The van der Waals surface area contributed by atoms with Crippen LogP contribution in [-0.2, 0) is 4.79 Å². The van der Waals surface area contributed by atoms with E-state index in [1.54, 1.807) is 48.5 Å². The summed E-state index contributed by atoms with van der Waals surface area (Å²) in [6.07, 6.45) is 2.59. The number of hydrogen-bond donors (Lipinski definition) is 3. The number of hydrogen-bond acceptors (Lipinski definition) is 5. The average Bonchev–Trinajstić information content (AvgIpc) is 2.89. The molecule has 10 heteroatoms. The van der Waals surface area contributed by atoms with Crippen molar-refractivity contribution >= 4 is 35.1 Å². The number of benzene rings is 2. The first-order valence-electron chi connectivity index (χ1n) is 12.2. The van der Waals surface area contributed by atoms with Crippen LogP contribution in [-0.4, -0.2) is 66.1 Å². The van der Waals surface area contributed by atoms with Crippen LogP contribution in [0.1, 0.15) is 42.5 Å². The predicted molar refractivity (Wildman–Crippen MR) is 138 cm³/mol. The number of methoxy groups -OCH3 is 1. The fraction of sp³-hybridized carbons (Fsp3) is 0.423. The van der Waals surface area contributed by atoms with E-state index in [4.69, 9.17) is 22.1 Å². The van der Waals surface area contributed by atoms with Crippen molar-refractivity contribution in [2.45, 2.75) is 50.4 Å². The molecule has 1 atom stereocenters. The number of rotatable bonds is 5. The maximum Gasteiger partial charge on any atom is 0.323 e. The lowest BCUT2D eigenvalue weighted by atomic mass is 9.91. The molecule has 36 heavy (non-hydrogen) atoms. The topological polar surface area (TPSA) is 117 Å². The van der Waals surface area contributed by atoms with Gasteiger partial charge in [-0.2, -0.15) is 0 Å². The molecule has 9 nitrogen and oxygen atoms in total. The van der Waals surface area contributed by atoms with Gasteiger partial charge < -0.3 is 26.0 Å². The van der Waals surface area contributed by atoms with Crippen LogP contribution < -0.4 is 21.1 Å². The Morgan fingerprint density at radius 1 is 1.00 bits per heavy atom. The number of urea groups is 1. The highest BCUT2D eigenvalue weighted by Crippen LogP contribution is 2.24. The first-order chi connectivity index (χ1) is 17.4. The first kappa shape index (κ1) is 25.8. The summed E-state index contributed by atoms with van der Waals surface area (Å²) in [5.41, 5.74) is 6.91. The summed E-state index contributed by atoms with van der Waals surface area (Å²) >= 11 is 6.07. The van der Waals surface area contributed by atoms with E-state index in [2.05, 4.69) is 10.6 Å². The fourth-order valence-electron chi connectivity index (χ4n) is 4.76. The quantitative estimate of drug-likeness (QED) is 0.566. The molecule has 2 aromatic carbocycles. The molecule has 192 valence electrons. The Balaban J connectivity index is 1.60. The van der Waals surface area contributed by atoms with E-state index in [-0.39, 0.29) is 23.9 Å². The van der Waals surface area contributed by atoms with Gasteiger partial charge in [0.25, 0.3) is 11.8 Å². The number of nitrogens with one attached hydrogen (secondary N) is 2. The summed E-state index contributed by atoms with van der Waals surface area (Å²) in [7, 11) is 1.53. The Bertz CT molecular complexity index is 1110. The highest BCUT2D eigenvalue weighted by atomic mass is 35.5. The lowest BCUT2D eigenvalue weighted by Gasteiger charge is -2.43. The summed E-state index contributed by atoms with van der Waals surface area (Å²) in [6.45, 7) is 0.659. The third-order valence-corrected chi connectivity index (χ3v) is 6.89. The van der Waals surface area contributed by atoms with Crippen molar-refractivity contribution in [1.82, 2.24) is 15.1 Å². The van der Waals surface area contributed by atoms with E-state index < -0.39 is 12.2 Å². The van der Waals surface area contributed by atoms with E-state index >= 15 is 0 Å². The van der Waals surface area contributed by atoms with Crippen molar-refractivity contribution in [3.05, 3.63) is 59.1 Å². The van der Waals surface area contributed by atoms with Crippen LogP contribution in [0.2, 0.25) is 5.02 Å². The SMILES string of the molecule is COc1cccc(C(=O)N2CCCN(C(=O)Nc3cccc(Cl)c3)C2C(=O)NC2CCC(N)CC2)c1. The largest absolute Gasteiger partial charge is 0.497 e. The van der Waals surface area contributed by atoms with E-state index in [0.29, 0.717) is 41.5 Å². The molecular weight excluding hydrogens is 482 g/mol. The number of amides is 4. The Morgan fingerprint density at radius 3 is 2.44 bits per heavy atom. The molecule has 0 radical (unpaired) electrons. The summed E-state index contributed by atoms with van der Waals surface area (Å²) < 4.78 is 5.27. The monoisotopic (exact) mass is 513 g/mol. The second kappa shape index (κ2) is 11.6. The van der Waals surface area contributed by atoms with E-state index in [0.717, 1.165) is 25.7 Å². The zero-order chi connectivity index (χ0) is 25.7. The Kier molecular flexibility index (Phi) is 8.32. The van der Waals surface area contributed by atoms with Crippen LogP contribution in [0.3, 0.4) is 0 Å². The third kappa shape index (κ3) is 6.09. The first-order valence-corrected chi connectivity index (χ1v) is 12.6. The van der Waals surface area contributed by atoms with Crippen LogP contribution in [0, 0.1) is 0 Å². The van der Waals surface area contributed by atoms with Gasteiger partial charge in [0.05, 0.1) is 7.11 Å². The molecule has 4 amide bonds. The molecule has 1 aliphatic carbocycles. The van der Waals surface area contributed by atoms with Crippen LogP contribution in [0.5, 0.6) is 5.75 Å². The average molecular weight is 514 g/mol. The molecule has 1 unspecified atom stereocenters. The number of carbonyl (C=O) groups is 3. The number of nitrogens with two attached hydrogens (primary N) is 1. The Morgan fingerprint density at radius 2 is 1.72 bits per heavy atom. The number of nitrogens with zero attached hydrogens (tertiary/aromatic N) is 2. The van der Waals surface area contributed by atoms with Crippen molar-refractivity contribution in [2.24, 2.45) is 5.73 Å². The normalized spacial score (nSPS) is 22.0.